The van der Waals surface area contributed by atoms with Crippen LogP contribution in [0.3, 0.4) is 0 Å². The van der Waals surface area contributed by atoms with Gasteiger partial charge >= 0.3 is 67.1 Å². The van der Waals surface area contributed by atoms with E-state index >= 15 is 0 Å². The first-order valence-corrected chi connectivity index (χ1v) is 44.5. The van der Waals surface area contributed by atoms with Crippen LogP contribution in [0.15, 0.2) is 177 Å². The number of nitrogens with two attached hydrogens (primary N) is 1. The predicted molar refractivity (Wildman–Crippen MR) is 469 cm³/mol. The Kier molecular flexibility index (Phi) is 39.6. The SMILES string of the molecule is COC(=O)CCc1cccc(C(F)(F)F)c1Br.COC(=O)C[C@@H]1COc2cc(O)ccc21.COC(=O)C[C@@H]1COc2cc(O[C@@H]3CCc4c3ccc(C(F)(F)F)c4Br)ccc21.FC(F)(F)c1cccc(I)c1Br.Nc1cccc(C(F)(F)F)c1Br.O=C(O)CCc1cccc(C(F)(F)F)c1Br.O=C1CCc2c1ccc(C(F)(F)F)c2Br.O[C@H]1CCc2c1ccc(C(F)(F)F)c2Br. The molecule has 4 atom stereocenters. The lowest BCUT2D eigenvalue weighted by Gasteiger charge is -2.17. The minimum absolute atomic E-state index is 0.0124. The molecule has 0 saturated heterocycles. The van der Waals surface area contributed by atoms with Crippen LogP contribution in [0, 0.1) is 3.57 Å². The quantitative estimate of drug-likeness (QED) is 0.0293. The Bertz CT molecular complexity index is 5520. The van der Waals surface area contributed by atoms with E-state index in [0.717, 1.165) is 59.2 Å². The number of anilines is 1. The van der Waals surface area contributed by atoms with Crippen molar-refractivity contribution in [3.8, 4) is 23.0 Å². The molecule has 44 heteroatoms. The zero-order valence-electron chi connectivity index (χ0n) is 67.4. The third kappa shape index (κ3) is 30.6. The second kappa shape index (κ2) is 47.0. The maximum atomic E-state index is 13.1. The highest BCUT2D eigenvalue weighted by Crippen LogP contribution is 2.50. The number of methoxy groups -OCH3 is 3. The fraction of sp³-hybridized carbons (Fsp3) is 0.322. The summed E-state index contributed by atoms with van der Waals surface area (Å²) >= 11 is 22.3. The molecule has 0 bridgehead atoms. The van der Waals surface area contributed by atoms with E-state index in [2.05, 4.69) is 121 Å². The molecule has 9 aromatic rings. The summed E-state index contributed by atoms with van der Waals surface area (Å²) in [7, 11) is 3.96. The Labute approximate surface area is 805 Å². The number of phenolic OH excluding ortho intramolecular Hbond substituents is 1. The fourth-order valence-corrected chi connectivity index (χ4v) is 18.5. The van der Waals surface area contributed by atoms with Crippen LogP contribution >= 0.6 is 134 Å². The van der Waals surface area contributed by atoms with Gasteiger partial charge in [-0.3, -0.25) is 24.0 Å². The van der Waals surface area contributed by atoms with E-state index in [1.165, 1.54) is 75.9 Å². The summed E-state index contributed by atoms with van der Waals surface area (Å²) in [6.07, 6.45) is -28.1. The van der Waals surface area contributed by atoms with Gasteiger partial charge in [-0.1, -0.05) is 66.7 Å². The number of aryl methyl sites for hydroxylation is 2. The second-order valence-electron chi connectivity index (χ2n) is 28.4. The average Bonchev–Trinajstić information content (AvgIpc) is 1.66. The van der Waals surface area contributed by atoms with Crippen LogP contribution in [0.25, 0.3) is 0 Å². The molecule has 15 nitrogen and oxygen atoms in total. The Hall–Kier alpha value is -7.89. The van der Waals surface area contributed by atoms with Gasteiger partial charge in [-0.2, -0.15) is 92.2 Å². The maximum absolute atomic E-state index is 13.1. The molecule has 2 aliphatic heterocycles. The number of ether oxygens (including phenoxy) is 6. The molecular formula is C87H70Br7F21INO14. The van der Waals surface area contributed by atoms with Crippen molar-refractivity contribution in [2.75, 3.05) is 40.3 Å². The van der Waals surface area contributed by atoms with Crippen LogP contribution < -0.4 is 19.9 Å². The van der Waals surface area contributed by atoms with E-state index < -0.39 is 100 Å². The highest BCUT2D eigenvalue weighted by molar-refractivity contribution is 14.1. The van der Waals surface area contributed by atoms with Gasteiger partial charge in [-0.15, -0.1) is 0 Å². The van der Waals surface area contributed by atoms with Gasteiger partial charge in [-0.25, -0.2) is 0 Å². The number of hydrogen-bond acceptors (Lipinski definition) is 14. The number of phenols is 1. The number of nitrogen functional groups attached to an aromatic ring is 1. The lowest BCUT2D eigenvalue weighted by atomic mass is 9.98. The summed E-state index contributed by atoms with van der Waals surface area (Å²) < 4.78 is 294. The predicted octanol–water partition coefficient (Wildman–Crippen LogP) is 28.2. The Morgan fingerprint density at radius 1 is 0.427 bits per heavy atom. The first-order valence-electron chi connectivity index (χ1n) is 37.8. The molecule has 0 spiro atoms. The number of rotatable bonds is 12. The van der Waals surface area contributed by atoms with Gasteiger partial charge in [0.25, 0.3) is 0 Å². The molecule has 3 aliphatic carbocycles. The average molecular weight is 2440 g/mol. The van der Waals surface area contributed by atoms with Crippen molar-refractivity contribution >= 4 is 169 Å². The fourth-order valence-electron chi connectivity index (χ4n) is 13.3. The second-order valence-corrected chi connectivity index (χ2v) is 35.1. The number of aliphatic carboxylic acids is 1. The molecule has 0 radical (unpaired) electrons. The minimum atomic E-state index is -4.43. The van der Waals surface area contributed by atoms with Crippen LogP contribution in [0.2, 0.25) is 0 Å². The van der Waals surface area contributed by atoms with Crippen LogP contribution in [0.1, 0.15) is 168 Å². The number of carbonyl (C=O) groups excluding carboxylic acids is 4. The van der Waals surface area contributed by atoms with E-state index in [4.69, 9.17) is 29.8 Å². The van der Waals surface area contributed by atoms with E-state index in [1.807, 2.05) is 28.7 Å². The topological polar surface area (TPSA) is 227 Å². The zero-order valence-corrected chi connectivity index (χ0v) is 80.7. The van der Waals surface area contributed by atoms with Crippen LogP contribution in [-0.2, 0) is 109 Å². The van der Waals surface area contributed by atoms with Crippen molar-refractivity contribution in [3.63, 3.8) is 0 Å². The molecule has 710 valence electrons. The molecule has 5 N–H and O–H groups in total. The molecule has 0 aromatic heterocycles. The molecular weight excluding hydrogens is 2370 g/mol. The van der Waals surface area contributed by atoms with Crippen molar-refractivity contribution in [2.45, 2.75) is 144 Å². The van der Waals surface area contributed by atoms with Gasteiger partial charge in [0.05, 0.1) is 96.9 Å². The van der Waals surface area contributed by atoms with E-state index in [9.17, 15) is 126 Å². The van der Waals surface area contributed by atoms with Crippen molar-refractivity contribution < 1.29 is 160 Å². The van der Waals surface area contributed by atoms with Gasteiger partial charge in [0.1, 0.15) is 29.1 Å². The smallest absolute Gasteiger partial charge is 0.417 e. The Morgan fingerprint density at radius 3 is 1.26 bits per heavy atom. The summed E-state index contributed by atoms with van der Waals surface area (Å²) in [6, 6.07) is 32.8. The standard InChI is InChI=1S/C21H18BrF3O4.C11H10BrF3O2.C11H12O4.C10H8BrF3O2.C10H8BrF3O.C10H6BrF3O.C7H3BrF3I.C7H5BrF3N/c1-27-19(26)8-11-10-28-18-9-12(2-3-13(11)18)29-17-7-5-15-14(17)4-6-16(20(15)22)21(23,24)25;1-17-9(16)6-5-7-3-2-4-8(10(7)12)11(13,14)15;1-14-11(13)4-7-6-15-10-5-8(12)2-3-9(7)10;11-9-6(4-5-8(15)16)2-1-3-7(9)10(12,13)14;2*11-9-6-2-4-8(15)5(6)1-3-7(9)10(12,13)14;2*8-6-4(7(9,10)11)2-1-3-5(6)12/h2-4,6,9,11,17H,5,7-8,10H2,1H3;2-4H,5-6H2,1H3;2-3,5,7,12H,4,6H2,1H3;1-3H,4-5H2,(H,15,16);1,3,8,15H,2,4H2;1,3H,2,4H2;1-3H;1-3H,12H2/t11-,17-;;7-;;8-;;;/m1.1.0.../s1. The number of carbonyl (C=O) groups is 5. The molecule has 131 heavy (non-hydrogen) atoms. The van der Waals surface area contributed by atoms with Crippen LogP contribution in [0.4, 0.5) is 97.9 Å². The van der Waals surface area contributed by atoms with Gasteiger partial charge < -0.3 is 49.5 Å². The van der Waals surface area contributed by atoms with Gasteiger partial charge in [0.2, 0.25) is 0 Å². The third-order valence-corrected chi connectivity index (χ3v) is 27.7. The van der Waals surface area contributed by atoms with Gasteiger partial charge in [0.15, 0.2) is 5.78 Å². The van der Waals surface area contributed by atoms with E-state index in [-0.39, 0.29) is 111 Å². The number of benzene rings is 9. The highest BCUT2D eigenvalue weighted by Gasteiger charge is 2.42. The number of esters is 3. The summed E-state index contributed by atoms with van der Waals surface area (Å²) in [5, 5.41) is 27.2. The Morgan fingerprint density at radius 2 is 0.809 bits per heavy atom. The number of halogens is 29. The molecule has 9 aromatic carbocycles. The molecule has 0 amide bonds. The molecule has 14 rings (SSSR count). The number of aliphatic hydroxyl groups excluding tert-OH is 1. The first kappa shape index (κ1) is 110. The largest absolute Gasteiger partial charge is 0.508 e. The number of carboxylic acids is 1. The van der Waals surface area contributed by atoms with Crippen LogP contribution in [0.5, 0.6) is 23.0 Å². The lowest BCUT2D eigenvalue weighted by Crippen LogP contribution is -2.09. The summed E-state index contributed by atoms with van der Waals surface area (Å²) in [5.41, 5.74) is 6.55. The number of carboxylic acid groups (broad SMARTS) is 1. The van der Waals surface area contributed by atoms with Crippen molar-refractivity contribution in [1.29, 1.82) is 0 Å². The maximum Gasteiger partial charge on any atom is 0.417 e. The number of aromatic hydroxyl groups is 1. The number of aliphatic hydroxyl groups is 1. The molecule has 0 unspecified atom stereocenters. The molecule has 2 heterocycles. The summed E-state index contributed by atoms with van der Waals surface area (Å²) in [4.78, 5) is 55.2. The van der Waals surface area contributed by atoms with Crippen LogP contribution in [-0.4, -0.2) is 79.5 Å². The minimum Gasteiger partial charge on any atom is -0.508 e. The van der Waals surface area contributed by atoms with Gasteiger partial charge in [0, 0.05) is 96.0 Å². The molecule has 0 fully saturated rings. The summed E-state index contributed by atoms with van der Waals surface area (Å²) in [6.45, 7) is 0.862. The number of ketones is 1. The van der Waals surface area contributed by atoms with Crippen molar-refractivity contribution in [3.05, 3.63) is 275 Å². The molecule has 5 aliphatic rings. The summed E-state index contributed by atoms with van der Waals surface area (Å²) in [5.74, 6) is -0.0693. The van der Waals surface area contributed by atoms with Crippen molar-refractivity contribution in [1.82, 2.24) is 0 Å². The zero-order chi connectivity index (χ0) is 98.1. The lowest BCUT2D eigenvalue weighted by molar-refractivity contribution is -0.142. The van der Waals surface area contributed by atoms with E-state index in [1.54, 1.807) is 42.5 Å². The van der Waals surface area contributed by atoms with E-state index in [0.29, 0.717) is 118 Å². The normalized spacial score (nSPS) is 15.7. The first-order chi connectivity index (χ1) is 60.8. The number of hydrogen-bond donors (Lipinski definition) is 4. The number of alkyl halides is 21. The molecule has 0 saturated carbocycles. The third-order valence-electron chi connectivity index (χ3n) is 19.7. The monoisotopic (exact) mass is 2430 g/mol. The Balaban J connectivity index is 0.000000208. The number of fused-ring (bicyclic) bond motifs is 5. The van der Waals surface area contributed by atoms with Gasteiger partial charge in [-0.05, 0) is 285 Å². The highest BCUT2D eigenvalue weighted by atomic mass is 127. The van der Waals surface area contributed by atoms with Crippen molar-refractivity contribution in [2.24, 2.45) is 0 Å². The number of Topliss-reactive ketones (excluding diaryl/α,β-unsaturated/α-hetero) is 1.